The minimum Gasteiger partial charge on any atom is -0.435 e. The van der Waals surface area contributed by atoms with E-state index in [1.165, 1.54) is 0 Å². The van der Waals surface area contributed by atoms with Crippen molar-refractivity contribution < 1.29 is 9.53 Å². The van der Waals surface area contributed by atoms with E-state index in [4.69, 9.17) is 4.74 Å². The van der Waals surface area contributed by atoms with Gasteiger partial charge in [-0.05, 0) is 31.9 Å². The van der Waals surface area contributed by atoms with Gasteiger partial charge in [0, 0.05) is 57.0 Å². The number of nitrogens with zero attached hydrogens (tertiary/aromatic N) is 6. The molecule has 0 radical (unpaired) electrons. The summed E-state index contributed by atoms with van der Waals surface area (Å²) in [7, 11) is 1.83. The van der Waals surface area contributed by atoms with E-state index in [0.717, 1.165) is 24.2 Å². The Morgan fingerprint density at radius 1 is 1.07 bits per heavy atom. The zero-order valence-corrected chi connectivity index (χ0v) is 15.9. The number of imidazole rings is 1. The second-order valence-corrected chi connectivity index (χ2v) is 6.86. The molecule has 1 saturated heterocycles. The molecule has 8 heteroatoms. The molecule has 4 heterocycles. The zero-order valence-electron chi connectivity index (χ0n) is 15.9. The number of carbonyl (C=O) groups excluding carboxylic acids is 1. The predicted molar refractivity (Wildman–Crippen MR) is 102 cm³/mol. The lowest BCUT2D eigenvalue weighted by molar-refractivity contribution is 0.0695. The van der Waals surface area contributed by atoms with Crippen LogP contribution in [0.4, 0.5) is 0 Å². The Labute approximate surface area is 163 Å². The molecule has 1 aliphatic rings. The fourth-order valence-electron chi connectivity index (χ4n) is 3.45. The first-order chi connectivity index (χ1) is 13.6. The van der Waals surface area contributed by atoms with Gasteiger partial charge in [-0.3, -0.25) is 14.8 Å². The fourth-order valence-corrected chi connectivity index (χ4v) is 3.45. The summed E-state index contributed by atoms with van der Waals surface area (Å²) in [6.45, 7) is 3.20. The quantitative estimate of drug-likeness (QED) is 0.694. The minimum atomic E-state index is -0.0347. The second kappa shape index (κ2) is 7.75. The predicted octanol–water partition coefficient (Wildman–Crippen LogP) is 2.73. The van der Waals surface area contributed by atoms with Crippen LogP contribution in [0.15, 0.2) is 43.1 Å². The van der Waals surface area contributed by atoms with Gasteiger partial charge in [-0.1, -0.05) is 0 Å². The molecule has 8 nitrogen and oxygen atoms in total. The molecule has 1 aliphatic heterocycles. The van der Waals surface area contributed by atoms with Crippen LogP contribution < -0.4 is 4.74 Å². The van der Waals surface area contributed by atoms with Crippen molar-refractivity contribution in [3.05, 3.63) is 60.3 Å². The molecule has 28 heavy (non-hydrogen) atoms. The molecule has 3 aromatic rings. The topological polar surface area (TPSA) is 86.0 Å². The van der Waals surface area contributed by atoms with Crippen LogP contribution in [0.3, 0.4) is 0 Å². The standard InChI is InChI=1S/C20H22N6O2/c1-14-16(4-3-7-21-14)28-19-17(22-8-9-24-19)15-5-11-26(12-6-15)20(27)18-23-10-13-25(18)2/h3-4,7-10,13,15H,5-6,11-12H2,1-2H3. The number of aryl methyl sites for hydroxylation is 2. The van der Waals surface area contributed by atoms with Crippen LogP contribution in [-0.4, -0.2) is 48.4 Å². The zero-order chi connectivity index (χ0) is 19.5. The Bertz CT molecular complexity index is 978. The second-order valence-electron chi connectivity index (χ2n) is 6.86. The van der Waals surface area contributed by atoms with Crippen LogP contribution in [0.1, 0.15) is 40.8 Å². The van der Waals surface area contributed by atoms with Crippen LogP contribution >= 0.6 is 0 Å². The summed E-state index contributed by atoms with van der Waals surface area (Å²) in [5.74, 6) is 1.80. The first kappa shape index (κ1) is 18.1. The van der Waals surface area contributed by atoms with E-state index >= 15 is 0 Å². The maximum atomic E-state index is 12.7. The number of amides is 1. The highest BCUT2D eigenvalue weighted by molar-refractivity contribution is 5.90. The van der Waals surface area contributed by atoms with Gasteiger partial charge >= 0.3 is 0 Å². The van der Waals surface area contributed by atoms with Crippen LogP contribution in [0.25, 0.3) is 0 Å². The van der Waals surface area contributed by atoms with Crippen molar-refractivity contribution in [2.75, 3.05) is 13.1 Å². The van der Waals surface area contributed by atoms with Crippen molar-refractivity contribution in [3.63, 3.8) is 0 Å². The molecular weight excluding hydrogens is 356 g/mol. The molecule has 0 atom stereocenters. The van der Waals surface area contributed by atoms with Gasteiger partial charge in [-0.2, -0.15) is 0 Å². The van der Waals surface area contributed by atoms with Crippen molar-refractivity contribution in [2.45, 2.75) is 25.7 Å². The molecule has 0 saturated carbocycles. The molecule has 0 aromatic carbocycles. The third kappa shape index (κ3) is 3.58. The highest BCUT2D eigenvalue weighted by Crippen LogP contribution is 2.34. The third-order valence-electron chi connectivity index (χ3n) is 5.04. The highest BCUT2D eigenvalue weighted by atomic mass is 16.5. The molecular formula is C20H22N6O2. The number of ether oxygens (including phenoxy) is 1. The summed E-state index contributed by atoms with van der Waals surface area (Å²) in [6.07, 6.45) is 10.1. The average Bonchev–Trinajstić information content (AvgIpc) is 3.16. The molecule has 0 unspecified atom stereocenters. The van der Waals surface area contributed by atoms with Crippen molar-refractivity contribution in [1.82, 2.24) is 29.4 Å². The Morgan fingerprint density at radius 2 is 1.86 bits per heavy atom. The first-order valence-electron chi connectivity index (χ1n) is 9.30. The summed E-state index contributed by atoms with van der Waals surface area (Å²) in [5.41, 5.74) is 1.63. The highest BCUT2D eigenvalue weighted by Gasteiger charge is 2.29. The smallest absolute Gasteiger partial charge is 0.289 e. The van der Waals surface area contributed by atoms with Crippen LogP contribution in [-0.2, 0) is 7.05 Å². The average molecular weight is 378 g/mol. The number of rotatable bonds is 4. The summed E-state index contributed by atoms with van der Waals surface area (Å²) < 4.78 is 7.76. The number of likely N-dealkylation sites (tertiary alicyclic amines) is 1. The maximum absolute atomic E-state index is 12.7. The van der Waals surface area contributed by atoms with Gasteiger partial charge in [0.15, 0.2) is 11.6 Å². The number of hydrogen-bond acceptors (Lipinski definition) is 6. The van der Waals surface area contributed by atoms with Gasteiger partial charge in [-0.25, -0.2) is 9.97 Å². The lowest BCUT2D eigenvalue weighted by Crippen LogP contribution is -2.39. The van der Waals surface area contributed by atoms with Crippen LogP contribution in [0.5, 0.6) is 11.6 Å². The van der Waals surface area contributed by atoms with E-state index < -0.39 is 0 Å². The third-order valence-corrected chi connectivity index (χ3v) is 5.04. The molecule has 0 bridgehead atoms. The SMILES string of the molecule is Cc1ncccc1Oc1nccnc1C1CCN(C(=O)c2nccn2C)CC1. The molecule has 3 aromatic heterocycles. The lowest BCUT2D eigenvalue weighted by Gasteiger charge is -2.31. The first-order valence-corrected chi connectivity index (χ1v) is 9.30. The van der Waals surface area contributed by atoms with E-state index in [-0.39, 0.29) is 11.8 Å². The van der Waals surface area contributed by atoms with Crippen LogP contribution in [0.2, 0.25) is 0 Å². The summed E-state index contributed by atoms with van der Waals surface area (Å²) in [6, 6.07) is 3.70. The van der Waals surface area contributed by atoms with Crippen molar-refractivity contribution in [2.24, 2.45) is 7.05 Å². The Hall–Kier alpha value is -3.29. The van der Waals surface area contributed by atoms with E-state index in [1.54, 1.807) is 35.6 Å². The molecule has 4 rings (SSSR count). The molecule has 0 aliphatic carbocycles. The fraction of sp³-hybridized carbons (Fsp3) is 0.350. The lowest BCUT2D eigenvalue weighted by atomic mass is 9.93. The number of piperidine rings is 1. The van der Waals surface area contributed by atoms with E-state index in [2.05, 4.69) is 19.9 Å². The summed E-state index contributed by atoms with van der Waals surface area (Å²) in [5, 5.41) is 0. The van der Waals surface area contributed by atoms with Gasteiger partial charge in [-0.15, -0.1) is 0 Å². The molecule has 1 fully saturated rings. The minimum absolute atomic E-state index is 0.0347. The summed E-state index contributed by atoms with van der Waals surface area (Å²) >= 11 is 0. The Balaban J connectivity index is 1.47. The van der Waals surface area contributed by atoms with Gasteiger partial charge in [0.05, 0.1) is 5.69 Å². The van der Waals surface area contributed by atoms with Crippen molar-refractivity contribution in [1.29, 1.82) is 0 Å². The Morgan fingerprint density at radius 3 is 2.57 bits per heavy atom. The number of aromatic nitrogens is 5. The van der Waals surface area contributed by atoms with Gasteiger partial charge in [0.25, 0.3) is 5.91 Å². The van der Waals surface area contributed by atoms with Crippen LogP contribution in [0, 0.1) is 6.92 Å². The van der Waals surface area contributed by atoms with E-state index in [9.17, 15) is 4.79 Å². The monoisotopic (exact) mass is 378 g/mol. The maximum Gasteiger partial charge on any atom is 0.289 e. The van der Waals surface area contributed by atoms with E-state index in [0.29, 0.717) is 30.5 Å². The van der Waals surface area contributed by atoms with Crippen molar-refractivity contribution in [3.8, 4) is 11.6 Å². The molecule has 0 spiro atoms. The molecule has 144 valence electrons. The number of carbonyl (C=O) groups is 1. The normalized spacial score (nSPS) is 14.9. The largest absolute Gasteiger partial charge is 0.435 e. The van der Waals surface area contributed by atoms with Gasteiger partial charge < -0.3 is 14.2 Å². The number of pyridine rings is 1. The van der Waals surface area contributed by atoms with Crippen molar-refractivity contribution >= 4 is 5.91 Å². The number of hydrogen-bond donors (Lipinski definition) is 0. The van der Waals surface area contributed by atoms with Gasteiger partial charge in [0.2, 0.25) is 5.88 Å². The Kier molecular flexibility index (Phi) is 5.01. The molecule has 0 N–H and O–H groups in total. The molecule has 1 amide bonds. The summed E-state index contributed by atoms with van der Waals surface area (Å²) in [4.78, 5) is 31.8. The van der Waals surface area contributed by atoms with E-state index in [1.807, 2.05) is 31.0 Å². The van der Waals surface area contributed by atoms with Gasteiger partial charge in [0.1, 0.15) is 5.69 Å².